The normalized spacial score (nSPS) is 35.4. The molecule has 0 aromatic rings. The molecule has 4 nitrogen and oxygen atoms in total. The zero-order chi connectivity index (χ0) is 12.7. The van der Waals surface area contributed by atoms with Gasteiger partial charge >= 0.3 is 6.09 Å². The highest BCUT2D eigenvalue weighted by molar-refractivity contribution is 5.68. The van der Waals surface area contributed by atoms with Gasteiger partial charge in [-0.05, 0) is 52.4 Å². The number of rotatable bonds is 1. The molecule has 2 aliphatic rings. The van der Waals surface area contributed by atoms with Gasteiger partial charge in [0.2, 0.25) is 0 Å². The van der Waals surface area contributed by atoms with Gasteiger partial charge in [0.05, 0.1) is 11.5 Å². The lowest BCUT2D eigenvalue weighted by atomic mass is 9.87. The number of amides is 1. The number of alkyl carbamates (subject to hydrolysis) is 1. The second-order valence-corrected chi connectivity index (χ2v) is 6.29. The number of carbonyl (C=O) groups is 1. The third kappa shape index (κ3) is 2.71. The van der Waals surface area contributed by atoms with E-state index in [4.69, 9.17) is 10.00 Å². The van der Waals surface area contributed by atoms with Crippen LogP contribution in [0.1, 0.15) is 47.9 Å². The molecule has 0 aliphatic heterocycles. The molecular formula is C13H22N2O2. The number of nitriles is 1. The van der Waals surface area contributed by atoms with Crippen molar-refractivity contribution >= 4 is 6.09 Å². The van der Waals surface area contributed by atoms with E-state index >= 15 is 0 Å². The van der Waals surface area contributed by atoms with Crippen LogP contribution in [0.2, 0.25) is 0 Å². The summed E-state index contributed by atoms with van der Waals surface area (Å²) in [5, 5.41) is 12.0. The predicted molar refractivity (Wildman–Crippen MR) is 65.3 cm³/mol. The van der Waals surface area contributed by atoms with Gasteiger partial charge in [0.15, 0.2) is 0 Å². The number of ether oxygens (including phenoxy) is 1. The molecule has 2 rings (SSSR count). The summed E-state index contributed by atoms with van der Waals surface area (Å²) in [6.45, 7) is 5.57. The maximum atomic E-state index is 11.6. The Morgan fingerprint density at radius 3 is 2.82 bits per heavy atom. The van der Waals surface area contributed by atoms with E-state index in [1.54, 1.807) is 0 Å². The molecule has 0 saturated heterocycles. The lowest BCUT2D eigenvalue weighted by Crippen LogP contribution is -2.41. The first-order valence-electron chi connectivity index (χ1n) is 6.25. The second-order valence-electron chi connectivity index (χ2n) is 6.29. The minimum absolute atomic E-state index is 0. The highest BCUT2D eigenvalue weighted by atomic mass is 16.6. The molecule has 0 aromatic carbocycles. The number of fused-ring (bicyclic) bond motifs is 1. The van der Waals surface area contributed by atoms with E-state index in [0.717, 1.165) is 25.7 Å². The van der Waals surface area contributed by atoms with Crippen molar-refractivity contribution in [1.29, 1.82) is 5.26 Å². The molecule has 0 heterocycles. The fraction of sp³-hybridized carbons (Fsp3) is 0.846. The highest BCUT2D eigenvalue weighted by Gasteiger charge is 2.57. The summed E-state index contributed by atoms with van der Waals surface area (Å²) in [6, 6.07) is 2.60. The molecular weight excluding hydrogens is 216 g/mol. The van der Waals surface area contributed by atoms with Crippen molar-refractivity contribution < 1.29 is 11.0 Å². The zero-order valence-electron chi connectivity index (χ0n) is 10.7. The monoisotopic (exact) mass is 238 g/mol. The van der Waals surface area contributed by atoms with Crippen LogP contribution in [-0.2, 0) is 4.74 Å². The van der Waals surface area contributed by atoms with Gasteiger partial charge in [-0.15, -0.1) is 0 Å². The van der Waals surface area contributed by atoms with Gasteiger partial charge < -0.3 is 10.1 Å². The Bertz CT molecular complexity index is 372. The number of hydrogen-bond donors (Lipinski definition) is 1. The summed E-state index contributed by atoms with van der Waals surface area (Å²) < 4.78 is 5.23. The van der Waals surface area contributed by atoms with E-state index < -0.39 is 5.60 Å². The Morgan fingerprint density at radius 1 is 1.59 bits per heavy atom. The molecule has 17 heavy (non-hydrogen) atoms. The van der Waals surface area contributed by atoms with Crippen molar-refractivity contribution in [2.75, 3.05) is 0 Å². The van der Waals surface area contributed by atoms with Crippen molar-refractivity contribution in [3.05, 3.63) is 0 Å². The van der Waals surface area contributed by atoms with Gasteiger partial charge in [-0.1, -0.05) is 0 Å². The molecule has 0 radical (unpaired) electrons. The SMILES string of the molecule is CC(C)(C)OC(=O)NC1CCC2(C#N)CC2C1.[HH]. The van der Waals surface area contributed by atoms with Crippen molar-refractivity contribution in [2.45, 2.75) is 58.1 Å². The van der Waals surface area contributed by atoms with Gasteiger partial charge in [0.1, 0.15) is 5.60 Å². The standard InChI is InChI=1S/C13H20N2O2.H2/c1-12(2,3)17-11(16)15-10-4-5-13(8-14)7-9(13)6-10;/h9-10H,4-7H2,1-3H3,(H,15,16);1H. The minimum Gasteiger partial charge on any atom is -0.444 e. The van der Waals surface area contributed by atoms with Crippen LogP contribution in [0.25, 0.3) is 0 Å². The second kappa shape index (κ2) is 3.90. The summed E-state index contributed by atoms with van der Waals surface area (Å²) in [4.78, 5) is 11.6. The fourth-order valence-corrected chi connectivity index (χ4v) is 2.69. The summed E-state index contributed by atoms with van der Waals surface area (Å²) in [5.41, 5.74) is -0.499. The molecule has 3 atom stereocenters. The summed E-state index contributed by atoms with van der Waals surface area (Å²) in [5.74, 6) is 0.487. The topological polar surface area (TPSA) is 62.1 Å². The first kappa shape index (κ1) is 12.2. The quantitative estimate of drug-likeness (QED) is 0.764. The van der Waals surface area contributed by atoms with E-state index in [-0.39, 0.29) is 19.0 Å². The maximum Gasteiger partial charge on any atom is 0.407 e. The Morgan fingerprint density at radius 2 is 2.29 bits per heavy atom. The third-order valence-electron chi connectivity index (χ3n) is 3.68. The average molecular weight is 238 g/mol. The van der Waals surface area contributed by atoms with Crippen LogP contribution in [0.3, 0.4) is 0 Å². The van der Waals surface area contributed by atoms with Crippen LogP contribution in [0, 0.1) is 22.7 Å². The Labute approximate surface area is 104 Å². The predicted octanol–water partition coefficient (Wildman–Crippen LogP) is 2.84. The number of hydrogen-bond acceptors (Lipinski definition) is 3. The van der Waals surface area contributed by atoms with Crippen LogP contribution in [-0.4, -0.2) is 17.7 Å². The molecule has 2 fully saturated rings. The summed E-state index contributed by atoms with van der Waals surface area (Å²) in [6.07, 6.45) is 3.40. The van der Waals surface area contributed by atoms with E-state index in [1.807, 2.05) is 20.8 Å². The van der Waals surface area contributed by atoms with Crippen LogP contribution in [0.4, 0.5) is 4.79 Å². The van der Waals surface area contributed by atoms with Crippen LogP contribution in [0.5, 0.6) is 0 Å². The Hall–Kier alpha value is -1.24. The highest BCUT2D eigenvalue weighted by Crippen LogP contribution is 2.60. The van der Waals surface area contributed by atoms with Crippen LogP contribution < -0.4 is 5.32 Å². The smallest absolute Gasteiger partial charge is 0.407 e. The summed E-state index contributed by atoms with van der Waals surface area (Å²) >= 11 is 0. The summed E-state index contributed by atoms with van der Waals surface area (Å²) in [7, 11) is 0. The molecule has 2 aliphatic carbocycles. The Kier molecular flexibility index (Phi) is 2.81. The van der Waals surface area contributed by atoms with Gasteiger partial charge in [-0.25, -0.2) is 4.79 Å². The van der Waals surface area contributed by atoms with Crippen molar-refractivity contribution in [2.24, 2.45) is 11.3 Å². The fourth-order valence-electron chi connectivity index (χ4n) is 2.69. The molecule has 1 amide bonds. The Balaban J connectivity index is 0.00000162. The number of carbonyl (C=O) groups excluding carboxylic acids is 1. The van der Waals surface area contributed by atoms with Gasteiger partial charge in [-0.2, -0.15) is 5.26 Å². The first-order chi connectivity index (χ1) is 7.85. The molecule has 96 valence electrons. The van der Waals surface area contributed by atoms with E-state index in [2.05, 4.69) is 11.4 Å². The molecule has 4 heteroatoms. The van der Waals surface area contributed by atoms with Crippen LogP contribution >= 0.6 is 0 Å². The molecule has 0 aromatic heterocycles. The van der Waals surface area contributed by atoms with E-state index in [1.165, 1.54) is 0 Å². The van der Waals surface area contributed by atoms with Crippen molar-refractivity contribution in [3.63, 3.8) is 0 Å². The first-order valence-corrected chi connectivity index (χ1v) is 6.25. The number of nitrogens with one attached hydrogen (secondary N) is 1. The van der Waals surface area contributed by atoms with Crippen molar-refractivity contribution in [1.82, 2.24) is 5.32 Å². The van der Waals surface area contributed by atoms with Gasteiger partial charge in [0.25, 0.3) is 0 Å². The lowest BCUT2D eigenvalue weighted by Gasteiger charge is -2.27. The molecule has 0 bridgehead atoms. The lowest BCUT2D eigenvalue weighted by molar-refractivity contribution is 0.0489. The largest absolute Gasteiger partial charge is 0.444 e. The van der Waals surface area contributed by atoms with Crippen molar-refractivity contribution in [3.8, 4) is 6.07 Å². The van der Waals surface area contributed by atoms with E-state index in [9.17, 15) is 4.79 Å². The molecule has 3 unspecified atom stereocenters. The molecule has 2 saturated carbocycles. The average Bonchev–Trinajstić information content (AvgIpc) is 2.89. The van der Waals surface area contributed by atoms with Gasteiger partial charge in [-0.3, -0.25) is 0 Å². The van der Waals surface area contributed by atoms with E-state index in [0.29, 0.717) is 5.92 Å². The maximum absolute atomic E-state index is 11.6. The van der Waals surface area contributed by atoms with Gasteiger partial charge in [0, 0.05) is 7.47 Å². The molecule has 1 N–H and O–H groups in total. The zero-order valence-corrected chi connectivity index (χ0v) is 10.7. The van der Waals surface area contributed by atoms with Crippen LogP contribution in [0.15, 0.2) is 0 Å². The third-order valence-corrected chi connectivity index (χ3v) is 3.68. The minimum atomic E-state index is -0.450. The molecule has 0 spiro atoms. The number of nitrogens with zero attached hydrogens (tertiary/aromatic N) is 1.